The first kappa shape index (κ1) is 17.8. The van der Waals surface area contributed by atoms with Crippen molar-refractivity contribution in [2.75, 3.05) is 31.9 Å². The lowest BCUT2D eigenvalue weighted by Gasteiger charge is -2.38. The maximum atomic E-state index is 12.2. The molecule has 0 aromatic heterocycles. The fourth-order valence-corrected chi connectivity index (χ4v) is 4.64. The summed E-state index contributed by atoms with van der Waals surface area (Å²) in [7, 11) is -3.12. The second-order valence-corrected chi connectivity index (χ2v) is 8.30. The minimum absolute atomic E-state index is 0.102. The summed E-state index contributed by atoms with van der Waals surface area (Å²) in [5.41, 5.74) is 5.80. The number of hydrogen-bond acceptors (Lipinski definition) is 4. The van der Waals surface area contributed by atoms with Gasteiger partial charge in [-0.15, -0.1) is 0 Å². The molecular weight excluding hydrogens is 294 g/mol. The van der Waals surface area contributed by atoms with Crippen molar-refractivity contribution in [3.63, 3.8) is 0 Å². The standard InChI is InChI=1S/C13H27N3O2S2/c1-4-5-12(13(14)19)15-6-8-16(9-7-15)20(17,18)10-11(2)3/h11-12H,4-10H2,1-3H3,(H2,14,19). The normalized spacial score (nSPS) is 20.2. The van der Waals surface area contributed by atoms with Gasteiger partial charge in [0.25, 0.3) is 0 Å². The average Bonchev–Trinajstić information content (AvgIpc) is 2.34. The van der Waals surface area contributed by atoms with Gasteiger partial charge in [-0.25, -0.2) is 8.42 Å². The zero-order chi connectivity index (χ0) is 15.3. The van der Waals surface area contributed by atoms with Crippen LogP contribution in [-0.4, -0.2) is 60.6 Å². The first-order chi connectivity index (χ1) is 9.27. The molecule has 20 heavy (non-hydrogen) atoms. The maximum absolute atomic E-state index is 12.2. The SMILES string of the molecule is CCCC(C(N)=S)N1CCN(S(=O)(=O)CC(C)C)CC1. The van der Waals surface area contributed by atoms with Gasteiger partial charge < -0.3 is 5.73 Å². The third-order valence-corrected chi connectivity index (χ3v) is 6.05. The van der Waals surface area contributed by atoms with Crippen LogP contribution in [-0.2, 0) is 10.0 Å². The molecule has 1 rings (SSSR count). The third-order valence-electron chi connectivity index (χ3n) is 3.54. The average molecular weight is 322 g/mol. The van der Waals surface area contributed by atoms with Crippen LogP contribution in [0, 0.1) is 5.92 Å². The lowest BCUT2D eigenvalue weighted by atomic mass is 10.1. The van der Waals surface area contributed by atoms with E-state index in [1.807, 2.05) is 13.8 Å². The van der Waals surface area contributed by atoms with Crippen LogP contribution in [0.4, 0.5) is 0 Å². The highest BCUT2D eigenvalue weighted by atomic mass is 32.2. The van der Waals surface area contributed by atoms with Crippen LogP contribution in [0.15, 0.2) is 0 Å². The van der Waals surface area contributed by atoms with E-state index in [1.165, 1.54) is 0 Å². The molecule has 0 aliphatic carbocycles. The van der Waals surface area contributed by atoms with Gasteiger partial charge in [0, 0.05) is 26.2 Å². The molecule has 0 bridgehead atoms. The summed E-state index contributed by atoms with van der Waals surface area (Å²) in [6.45, 7) is 8.46. The number of rotatable bonds is 7. The van der Waals surface area contributed by atoms with Crippen molar-refractivity contribution in [2.45, 2.75) is 39.7 Å². The number of hydrogen-bond donors (Lipinski definition) is 1. The quantitative estimate of drug-likeness (QED) is 0.710. The second-order valence-electron chi connectivity index (χ2n) is 5.81. The minimum atomic E-state index is -3.12. The molecule has 0 aromatic carbocycles. The Hall–Kier alpha value is -0.240. The van der Waals surface area contributed by atoms with E-state index in [0.29, 0.717) is 31.2 Å². The zero-order valence-electron chi connectivity index (χ0n) is 12.7. The lowest BCUT2D eigenvalue weighted by molar-refractivity contribution is 0.162. The predicted molar refractivity (Wildman–Crippen MR) is 87.3 cm³/mol. The van der Waals surface area contributed by atoms with Gasteiger partial charge in [-0.2, -0.15) is 4.31 Å². The number of thiocarbonyl (C=S) groups is 1. The smallest absolute Gasteiger partial charge is 0.214 e. The van der Waals surface area contributed by atoms with E-state index in [-0.39, 0.29) is 17.7 Å². The predicted octanol–water partition coefficient (Wildman–Crippen LogP) is 1.04. The summed E-state index contributed by atoms with van der Waals surface area (Å²) in [6.07, 6.45) is 1.96. The zero-order valence-corrected chi connectivity index (χ0v) is 14.3. The van der Waals surface area contributed by atoms with Crippen molar-refractivity contribution in [3.8, 4) is 0 Å². The highest BCUT2D eigenvalue weighted by Gasteiger charge is 2.30. The van der Waals surface area contributed by atoms with Gasteiger partial charge in [0.2, 0.25) is 10.0 Å². The molecule has 0 amide bonds. The van der Waals surface area contributed by atoms with Gasteiger partial charge in [-0.1, -0.05) is 39.4 Å². The van der Waals surface area contributed by atoms with Crippen LogP contribution in [0.5, 0.6) is 0 Å². The van der Waals surface area contributed by atoms with Gasteiger partial charge in [0.05, 0.1) is 16.8 Å². The van der Waals surface area contributed by atoms with Crippen molar-refractivity contribution in [1.29, 1.82) is 0 Å². The molecule has 7 heteroatoms. The molecule has 0 spiro atoms. The Labute approximate surface area is 128 Å². The minimum Gasteiger partial charge on any atom is -0.392 e. The topological polar surface area (TPSA) is 66.6 Å². The van der Waals surface area contributed by atoms with Gasteiger partial charge in [-0.05, 0) is 12.3 Å². The highest BCUT2D eigenvalue weighted by Crippen LogP contribution is 2.15. The fourth-order valence-electron chi connectivity index (χ4n) is 2.60. The van der Waals surface area contributed by atoms with Crippen LogP contribution in [0.25, 0.3) is 0 Å². The molecule has 5 nitrogen and oxygen atoms in total. The van der Waals surface area contributed by atoms with E-state index in [9.17, 15) is 8.42 Å². The van der Waals surface area contributed by atoms with E-state index < -0.39 is 10.0 Å². The molecular formula is C13H27N3O2S2. The molecule has 2 N–H and O–H groups in total. The van der Waals surface area contributed by atoms with E-state index in [2.05, 4.69) is 11.8 Å². The maximum Gasteiger partial charge on any atom is 0.214 e. The van der Waals surface area contributed by atoms with Crippen LogP contribution in [0.1, 0.15) is 33.6 Å². The van der Waals surface area contributed by atoms with Crippen molar-refractivity contribution in [2.24, 2.45) is 11.7 Å². The van der Waals surface area contributed by atoms with E-state index >= 15 is 0 Å². The Morgan fingerprint density at radius 1 is 1.25 bits per heavy atom. The second kappa shape index (κ2) is 7.68. The largest absolute Gasteiger partial charge is 0.392 e. The van der Waals surface area contributed by atoms with Gasteiger partial charge in [0.1, 0.15) is 0 Å². The molecule has 1 saturated heterocycles. The Bertz CT molecular complexity index is 415. The fraction of sp³-hybridized carbons (Fsp3) is 0.923. The Kier molecular flexibility index (Phi) is 6.84. The molecule has 1 heterocycles. The molecule has 1 fully saturated rings. The van der Waals surface area contributed by atoms with Gasteiger partial charge in [0.15, 0.2) is 0 Å². The summed E-state index contributed by atoms with van der Waals surface area (Å²) in [5, 5.41) is 0. The van der Waals surface area contributed by atoms with Crippen LogP contribution < -0.4 is 5.73 Å². The monoisotopic (exact) mass is 321 g/mol. The molecule has 1 unspecified atom stereocenters. The van der Waals surface area contributed by atoms with E-state index in [0.717, 1.165) is 12.8 Å². The van der Waals surface area contributed by atoms with Gasteiger partial charge in [-0.3, -0.25) is 4.90 Å². The van der Waals surface area contributed by atoms with E-state index in [1.54, 1.807) is 4.31 Å². The molecule has 1 atom stereocenters. The van der Waals surface area contributed by atoms with Gasteiger partial charge >= 0.3 is 0 Å². The third kappa shape index (κ3) is 4.95. The highest BCUT2D eigenvalue weighted by molar-refractivity contribution is 7.89. The molecule has 1 aliphatic rings. The van der Waals surface area contributed by atoms with E-state index in [4.69, 9.17) is 18.0 Å². The number of nitrogens with two attached hydrogens (primary N) is 1. The molecule has 118 valence electrons. The van der Waals surface area contributed by atoms with Crippen LogP contribution in [0.2, 0.25) is 0 Å². The van der Waals surface area contributed by atoms with Crippen LogP contribution in [0.3, 0.4) is 0 Å². The summed E-state index contributed by atoms with van der Waals surface area (Å²) in [4.78, 5) is 2.73. The first-order valence-electron chi connectivity index (χ1n) is 7.29. The Morgan fingerprint density at radius 2 is 1.80 bits per heavy atom. The number of nitrogens with zero attached hydrogens (tertiary/aromatic N) is 2. The van der Waals surface area contributed by atoms with Crippen molar-refractivity contribution < 1.29 is 8.42 Å². The molecule has 0 saturated carbocycles. The lowest BCUT2D eigenvalue weighted by Crippen LogP contribution is -2.55. The summed E-state index contributed by atoms with van der Waals surface area (Å²) >= 11 is 5.13. The Balaban J connectivity index is 2.61. The molecule has 0 aromatic rings. The summed E-state index contributed by atoms with van der Waals surface area (Å²) in [6, 6.07) is 0.102. The van der Waals surface area contributed by atoms with Crippen molar-refractivity contribution >= 4 is 27.2 Å². The molecule has 0 radical (unpaired) electrons. The van der Waals surface area contributed by atoms with Crippen molar-refractivity contribution in [1.82, 2.24) is 9.21 Å². The van der Waals surface area contributed by atoms with Crippen LogP contribution >= 0.6 is 12.2 Å². The molecule has 1 aliphatic heterocycles. The number of piperazine rings is 1. The van der Waals surface area contributed by atoms with Crippen molar-refractivity contribution in [3.05, 3.63) is 0 Å². The first-order valence-corrected chi connectivity index (χ1v) is 9.30. The number of sulfonamides is 1. The summed E-state index contributed by atoms with van der Waals surface area (Å²) in [5.74, 6) is 0.378. The Morgan fingerprint density at radius 3 is 2.20 bits per heavy atom. The summed E-state index contributed by atoms with van der Waals surface area (Å²) < 4.78 is 26.0.